The second-order valence-electron chi connectivity index (χ2n) is 6.40. The number of hydrogen-bond acceptors (Lipinski definition) is 3. The second-order valence-corrected chi connectivity index (χ2v) is 7.25. The zero-order valence-corrected chi connectivity index (χ0v) is 15.3. The molecule has 0 fully saturated rings. The summed E-state index contributed by atoms with van der Waals surface area (Å²) in [5.41, 5.74) is 1.81. The molecular weight excluding hydrogens is 344 g/mol. The fraction of sp³-hybridized carbons (Fsp3) is 0.222. The molecule has 3 N–H and O–H groups in total. The van der Waals surface area contributed by atoms with Crippen LogP contribution in [0.1, 0.15) is 36.7 Å². The van der Waals surface area contributed by atoms with E-state index in [0.29, 0.717) is 16.3 Å². The van der Waals surface area contributed by atoms with Crippen LogP contribution in [0.3, 0.4) is 0 Å². The van der Waals surface area contributed by atoms with Gasteiger partial charge in [0.15, 0.2) is 5.11 Å². The van der Waals surface area contributed by atoms with Crippen LogP contribution in [0.15, 0.2) is 42.5 Å². The normalized spacial score (nSPS) is 11.0. The van der Waals surface area contributed by atoms with Crippen molar-refractivity contribution in [3.63, 3.8) is 0 Å². The lowest BCUT2D eigenvalue weighted by Gasteiger charge is -2.21. The summed E-state index contributed by atoms with van der Waals surface area (Å²) in [5.74, 6) is -0.316. The van der Waals surface area contributed by atoms with E-state index >= 15 is 0 Å². The molecule has 0 unspecified atom stereocenters. The van der Waals surface area contributed by atoms with Gasteiger partial charge in [0.25, 0.3) is 5.91 Å². The van der Waals surface area contributed by atoms with Gasteiger partial charge in [-0.25, -0.2) is 0 Å². The van der Waals surface area contributed by atoms with Crippen molar-refractivity contribution < 1.29 is 9.90 Å². The van der Waals surface area contributed by atoms with E-state index in [-0.39, 0.29) is 22.2 Å². The molecule has 0 aromatic heterocycles. The van der Waals surface area contributed by atoms with Gasteiger partial charge in [0, 0.05) is 10.6 Å². The predicted octanol–water partition coefficient (Wildman–Crippen LogP) is 4.47. The molecule has 0 aliphatic rings. The van der Waals surface area contributed by atoms with E-state index in [1.165, 1.54) is 0 Å². The molecule has 0 bridgehead atoms. The Kier molecular flexibility index (Phi) is 5.47. The van der Waals surface area contributed by atoms with Crippen molar-refractivity contribution in [3.8, 4) is 5.75 Å². The van der Waals surface area contributed by atoms with Gasteiger partial charge in [-0.2, -0.15) is 0 Å². The predicted molar refractivity (Wildman–Crippen MR) is 102 cm³/mol. The smallest absolute Gasteiger partial charge is 0.257 e. The molecule has 0 heterocycles. The number of phenolic OH excluding ortho intramolecular Hbond substituents is 1. The van der Waals surface area contributed by atoms with Crippen LogP contribution in [0, 0.1) is 0 Å². The van der Waals surface area contributed by atoms with Crippen LogP contribution in [0.25, 0.3) is 0 Å². The first kappa shape index (κ1) is 18.2. The lowest BCUT2D eigenvalue weighted by atomic mass is 9.87. The number of phenols is 1. The Hall–Kier alpha value is -2.11. The molecule has 6 heteroatoms. The largest absolute Gasteiger partial charge is 0.506 e. The average Bonchev–Trinajstić information content (AvgIpc) is 2.48. The fourth-order valence-electron chi connectivity index (χ4n) is 2.06. The van der Waals surface area contributed by atoms with Gasteiger partial charge < -0.3 is 10.4 Å². The molecule has 0 aliphatic carbocycles. The summed E-state index contributed by atoms with van der Waals surface area (Å²) in [6.45, 7) is 6.22. The van der Waals surface area contributed by atoms with Gasteiger partial charge in [-0.15, -0.1) is 0 Å². The highest BCUT2D eigenvalue weighted by Crippen LogP contribution is 2.30. The van der Waals surface area contributed by atoms with Crippen molar-refractivity contribution >= 4 is 40.5 Å². The molecule has 0 aliphatic heterocycles. The number of benzene rings is 2. The van der Waals surface area contributed by atoms with Crippen molar-refractivity contribution in [3.05, 3.63) is 58.6 Å². The van der Waals surface area contributed by atoms with Crippen molar-refractivity contribution in [2.24, 2.45) is 0 Å². The maximum atomic E-state index is 12.1. The SMILES string of the molecule is CC(C)(C)c1ccc(O)c(NC(=S)NC(=O)c2cccc(Cl)c2)c1. The van der Waals surface area contributed by atoms with Crippen molar-refractivity contribution in [2.45, 2.75) is 26.2 Å². The van der Waals surface area contributed by atoms with Crippen LogP contribution < -0.4 is 10.6 Å². The molecule has 0 saturated carbocycles. The number of rotatable bonds is 2. The van der Waals surface area contributed by atoms with Gasteiger partial charge in [-0.05, 0) is 53.5 Å². The Morgan fingerprint density at radius 3 is 2.50 bits per heavy atom. The Morgan fingerprint density at radius 1 is 1.17 bits per heavy atom. The third kappa shape index (κ3) is 4.69. The number of carbonyl (C=O) groups excluding carboxylic acids is 1. The van der Waals surface area contributed by atoms with E-state index in [1.54, 1.807) is 30.3 Å². The number of anilines is 1. The topological polar surface area (TPSA) is 61.4 Å². The molecule has 126 valence electrons. The molecule has 2 aromatic carbocycles. The third-order valence-electron chi connectivity index (χ3n) is 3.42. The monoisotopic (exact) mass is 362 g/mol. The molecule has 1 amide bonds. The van der Waals surface area contributed by atoms with E-state index in [4.69, 9.17) is 23.8 Å². The summed E-state index contributed by atoms with van der Waals surface area (Å²) in [6.07, 6.45) is 0. The van der Waals surface area contributed by atoms with Gasteiger partial charge in [0.05, 0.1) is 5.69 Å². The van der Waals surface area contributed by atoms with Gasteiger partial charge in [-0.3, -0.25) is 10.1 Å². The first-order valence-electron chi connectivity index (χ1n) is 7.38. The number of nitrogens with one attached hydrogen (secondary N) is 2. The van der Waals surface area contributed by atoms with Crippen molar-refractivity contribution in [2.75, 3.05) is 5.32 Å². The quantitative estimate of drug-likeness (QED) is 0.545. The first-order chi connectivity index (χ1) is 11.2. The zero-order chi connectivity index (χ0) is 17.9. The summed E-state index contributed by atoms with van der Waals surface area (Å²) in [5, 5.41) is 16.0. The highest BCUT2D eigenvalue weighted by Gasteiger charge is 2.16. The minimum Gasteiger partial charge on any atom is -0.506 e. The van der Waals surface area contributed by atoms with E-state index in [2.05, 4.69) is 31.4 Å². The van der Waals surface area contributed by atoms with E-state index in [0.717, 1.165) is 5.56 Å². The maximum absolute atomic E-state index is 12.1. The van der Waals surface area contributed by atoms with Gasteiger partial charge in [-0.1, -0.05) is 44.5 Å². The van der Waals surface area contributed by atoms with Crippen LogP contribution in [0.5, 0.6) is 5.75 Å². The van der Waals surface area contributed by atoms with E-state index in [1.807, 2.05) is 12.1 Å². The highest BCUT2D eigenvalue weighted by molar-refractivity contribution is 7.80. The van der Waals surface area contributed by atoms with Crippen molar-refractivity contribution in [1.29, 1.82) is 0 Å². The Morgan fingerprint density at radius 2 is 1.88 bits per heavy atom. The minimum absolute atomic E-state index is 0.0577. The molecular formula is C18H19ClN2O2S. The maximum Gasteiger partial charge on any atom is 0.257 e. The van der Waals surface area contributed by atoms with Crippen LogP contribution in [-0.4, -0.2) is 16.1 Å². The lowest BCUT2D eigenvalue weighted by Crippen LogP contribution is -2.34. The fourth-order valence-corrected chi connectivity index (χ4v) is 2.45. The van der Waals surface area contributed by atoms with Crippen LogP contribution >= 0.6 is 23.8 Å². The summed E-state index contributed by atoms with van der Waals surface area (Å²) >= 11 is 11.0. The molecule has 24 heavy (non-hydrogen) atoms. The summed E-state index contributed by atoms with van der Waals surface area (Å²) in [6, 6.07) is 11.8. The Labute approximate surface area is 151 Å². The highest BCUT2D eigenvalue weighted by atomic mass is 35.5. The number of amides is 1. The Bertz CT molecular complexity index is 785. The molecule has 2 aromatic rings. The third-order valence-corrected chi connectivity index (χ3v) is 3.86. The molecule has 0 spiro atoms. The van der Waals surface area contributed by atoms with Crippen LogP contribution in [0.2, 0.25) is 5.02 Å². The summed E-state index contributed by atoms with van der Waals surface area (Å²) in [4.78, 5) is 12.1. The molecule has 0 saturated heterocycles. The van der Waals surface area contributed by atoms with Gasteiger partial charge in [0.2, 0.25) is 0 Å². The number of halogens is 1. The number of aromatic hydroxyl groups is 1. The molecule has 4 nitrogen and oxygen atoms in total. The van der Waals surface area contributed by atoms with E-state index < -0.39 is 0 Å². The van der Waals surface area contributed by atoms with Gasteiger partial charge >= 0.3 is 0 Å². The number of carbonyl (C=O) groups is 1. The average molecular weight is 363 g/mol. The van der Waals surface area contributed by atoms with Gasteiger partial charge in [0.1, 0.15) is 5.75 Å². The Balaban J connectivity index is 2.11. The molecule has 0 radical (unpaired) electrons. The summed E-state index contributed by atoms with van der Waals surface area (Å²) in [7, 11) is 0. The van der Waals surface area contributed by atoms with Crippen LogP contribution in [-0.2, 0) is 5.41 Å². The second kappa shape index (κ2) is 7.20. The van der Waals surface area contributed by atoms with Crippen molar-refractivity contribution in [1.82, 2.24) is 5.32 Å². The van der Waals surface area contributed by atoms with E-state index in [9.17, 15) is 9.90 Å². The number of hydrogen-bond donors (Lipinski definition) is 3. The standard InChI is InChI=1S/C18H19ClN2O2S/c1-18(2,3)12-7-8-15(22)14(10-12)20-17(24)21-16(23)11-5-4-6-13(19)9-11/h4-10,22H,1-3H3,(H2,20,21,23,24). The molecule has 0 atom stereocenters. The number of thiocarbonyl (C=S) groups is 1. The van der Waals surface area contributed by atoms with Crippen LogP contribution in [0.4, 0.5) is 5.69 Å². The summed E-state index contributed by atoms with van der Waals surface area (Å²) < 4.78 is 0. The lowest BCUT2D eigenvalue weighted by molar-refractivity contribution is 0.0977. The minimum atomic E-state index is -0.374. The molecule has 2 rings (SSSR count). The first-order valence-corrected chi connectivity index (χ1v) is 8.17. The zero-order valence-electron chi connectivity index (χ0n) is 13.7.